The average molecular weight is 757 g/mol. The summed E-state index contributed by atoms with van der Waals surface area (Å²) in [5, 5.41) is 21.9. The molecule has 2 aliphatic carbocycles. The number of para-hydroxylation sites is 1. The second-order valence-corrected chi connectivity index (χ2v) is 14.0. The van der Waals surface area contributed by atoms with E-state index in [2.05, 4.69) is 31.7 Å². The van der Waals surface area contributed by atoms with Crippen LogP contribution in [-0.4, -0.2) is 66.0 Å². The smallest absolute Gasteiger partial charge is 0.335 e. The first-order chi connectivity index (χ1) is 25.1. The molecule has 0 bridgehead atoms. The van der Waals surface area contributed by atoms with Crippen LogP contribution in [0.15, 0.2) is 111 Å². The molecular weight excluding hydrogens is 733 g/mol. The molecule has 7 N–H and O–H groups in total. The number of Topliss-reactive ketones (excluding diaryl/α,β-unsaturated/α-hetero) is 2. The Bertz CT molecular complexity index is 2580. The van der Waals surface area contributed by atoms with Gasteiger partial charge in [-0.1, -0.05) is 18.2 Å². The van der Waals surface area contributed by atoms with E-state index in [0.717, 1.165) is 12.2 Å². The number of nitrogens with one attached hydrogen (secondary N) is 4. The molecule has 4 aromatic rings. The first-order valence-corrected chi connectivity index (χ1v) is 17.9. The molecule has 6 rings (SSSR count). The van der Waals surface area contributed by atoms with E-state index in [1.165, 1.54) is 60.7 Å². The number of hydrogen-bond acceptors (Lipinski definition) is 12. The predicted octanol–water partition coefficient (Wildman–Crippen LogP) is 4.82. The maximum Gasteiger partial charge on any atom is 0.335 e. The largest absolute Gasteiger partial charge is 0.478 e. The Balaban J connectivity index is 1.21. The molecule has 0 aromatic heterocycles. The Labute approximate surface area is 299 Å². The summed E-state index contributed by atoms with van der Waals surface area (Å²) in [7, 11) is -9.92. The lowest BCUT2D eigenvalue weighted by Crippen LogP contribution is -2.27. The van der Waals surface area contributed by atoms with Crippen molar-refractivity contribution < 1.29 is 50.2 Å². The zero-order valence-corrected chi connectivity index (χ0v) is 28.3. The van der Waals surface area contributed by atoms with Crippen molar-refractivity contribution in [3.05, 3.63) is 129 Å². The summed E-state index contributed by atoms with van der Waals surface area (Å²) in [4.78, 5) is 49.0. The van der Waals surface area contributed by atoms with Gasteiger partial charge in [0.05, 0.1) is 16.9 Å². The number of carboxylic acids is 1. The highest BCUT2D eigenvalue weighted by atomic mass is 32.2. The summed E-state index contributed by atoms with van der Waals surface area (Å²) in [6, 6.07) is 20.6. The van der Waals surface area contributed by atoms with Gasteiger partial charge in [0.15, 0.2) is 11.4 Å². The Morgan fingerprint density at radius 3 is 1.40 bits per heavy atom. The first-order valence-electron chi connectivity index (χ1n) is 15.0. The van der Waals surface area contributed by atoms with Crippen molar-refractivity contribution in [3.63, 3.8) is 0 Å². The highest BCUT2D eigenvalue weighted by Crippen LogP contribution is 2.30. The number of carbonyl (C=O) groups is 4. The minimum absolute atomic E-state index is 0.0135. The van der Waals surface area contributed by atoms with E-state index in [9.17, 15) is 45.1 Å². The van der Waals surface area contributed by atoms with Crippen molar-refractivity contribution >= 4 is 90.1 Å². The highest BCUT2D eigenvalue weighted by Gasteiger charge is 2.34. The lowest BCUT2D eigenvalue weighted by atomic mass is 9.94. The molecule has 0 atom stereocenters. The molecule has 0 radical (unpaired) electrons. The third-order valence-electron chi connectivity index (χ3n) is 7.63. The fourth-order valence-electron chi connectivity index (χ4n) is 5.17. The highest BCUT2D eigenvalue weighted by molar-refractivity contribution is 7.91. The minimum Gasteiger partial charge on any atom is -0.478 e. The number of allylic oxidation sites excluding steroid dienone is 2. The van der Waals surface area contributed by atoms with Crippen molar-refractivity contribution in [1.82, 2.24) is 0 Å². The Kier molecular flexibility index (Phi) is 9.56. The number of nitrogens with zero attached hydrogens (tertiary/aromatic N) is 2. The molecular formula is C34H24N6O11S2. The summed E-state index contributed by atoms with van der Waals surface area (Å²) >= 11 is 0. The van der Waals surface area contributed by atoms with Crippen molar-refractivity contribution in [3.8, 4) is 0 Å². The molecule has 2 aliphatic rings. The molecule has 0 aliphatic heterocycles. The molecule has 0 fully saturated rings. The number of hydrogen-bond donors (Lipinski definition) is 7. The predicted molar refractivity (Wildman–Crippen MR) is 195 cm³/mol. The lowest BCUT2D eigenvalue weighted by Gasteiger charge is -2.18. The standard InChI is InChI=1S/C34H24N6O11S2/c41-31-25-12-10-23(14-19(25)16-27(52(46,47)48)29(31)39-37-21-4-2-1-3-5-21)35-34(45)36-24-11-13-26-20(15-24)17-28(53(49,50)51)30(32(26)42)40-38-22-8-6-18(7-9-22)33(43)44/h1-17,37-38H,(H,43,44)(H2,35,36,45)(H,46,47,48)(H,49,50,51)/b39-29-,40-30-. The number of carbonyl (C=O) groups excluding carboxylic acids is 3. The molecule has 0 heterocycles. The fraction of sp³-hybridized carbons (Fsp3) is 0. The van der Waals surface area contributed by atoms with Crippen LogP contribution in [-0.2, 0) is 20.2 Å². The van der Waals surface area contributed by atoms with E-state index in [1.807, 2.05) is 0 Å². The topological polar surface area (TPSA) is 270 Å². The fourth-order valence-corrected chi connectivity index (χ4v) is 6.49. The van der Waals surface area contributed by atoms with Crippen LogP contribution in [0.4, 0.5) is 27.5 Å². The number of aromatic carboxylic acids is 1. The van der Waals surface area contributed by atoms with Crippen LogP contribution in [0.5, 0.6) is 0 Å². The van der Waals surface area contributed by atoms with E-state index in [-0.39, 0.29) is 44.9 Å². The van der Waals surface area contributed by atoms with Crippen LogP contribution in [0.25, 0.3) is 12.2 Å². The van der Waals surface area contributed by atoms with Crippen LogP contribution in [0, 0.1) is 0 Å². The molecule has 268 valence electrons. The van der Waals surface area contributed by atoms with Gasteiger partial charge in [-0.15, -0.1) is 0 Å². The van der Waals surface area contributed by atoms with Gasteiger partial charge in [0.2, 0.25) is 11.6 Å². The average Bonchev–Trinajstić information content (AvgIpc) is 3.10. The number of anilines is 4. The Morgan fingerprint density at radius 2 is 0.981 bits per heavy atom. The van der Waals surface area contributed by atoms with Crippen LogP contribution in [0.2, 0.25) is 0 Å². The second kappa shape index (κ2) is 14.1. The van der Waals surface area contributed by atoms with E-state index in [0.29, 0.717) is 5.69 Å². The van der Waals surface area contributed by atoms with Gasteiger partial charge in [-0.3, -0.25) is 29.5 Å². The van der Waals surface area contributed by atoms with Gasteiger partial charge in [-0.25, -0.2) is 9.59 Å². The third-order valence-corrected chi connectivity index (χ3v) is 9.37. The molecule has 0 unspecified atom stereocenters. The van der Waals surface area contributed by atoms with Gasteiger partial charge >= 0.3 is 12.0 Å². The van der Waals surface area contributed by atoms with Gasteiger partial charge in [0, 0.05) is 22.5 Å². The molecule has 0 saturated carbocycles. The molecule has 19 heteroatoms. The number of amides is 2. The third kappa shape index (κ3) is 7.92. The minimum atomic E-state index is -4.99. The first kappa shape index (κ1) is 36.0. The number of ketones is 2. The van der Waals surface area contributed by atoms with E-state index >= 15 is 0 Å². The molecule has 0 spiro atoms. The molecule has 2 amide bonds. The monoisotopic (exact) mass is 756 g/mol. The summed E-state index contributed by atoms with van der Waals surface area (Å²) < 4.78 is 68.7. The van der Waals surface area contributed by atoms with Gasteiger partial charge in [0.25, 0.3) is 20.2 Å². The van der Waals surface area contributed by atoms with E-state index < -0.39 is 65.0 Å². The van der Waals surface area contributed by atoms with Crippen molar-refractivity contribution in [2.24, 2.45) is 10.2 Å². The number of benzene rings is 4. The molecule has 17 nitrogen and oxygen atoms in total. The Morgan fingerprint density at radius 1 is 0.566 bits per heavy atom. The normalized spacial score (nSPS) is 15.5. The molecule has 4 aromatic carbocycles. The van der Waals surface area contributed by atoms with Crippen LogP contribution in [0.1, 0.15) is 42.2 Å². The van der Waals surface area contributed by atoms with Gasteiger partial charge in [0.1, 0.15) is 9.81 Å². The van der Waals surface area contributed by atoms with Crippen LogP contribution >= 0.6 is 0 Å². The maximum atomic E-state index is 13.3. The van der Waals surface area contributed by atoms with Crippen LogP contribution in [0.3, 0.4) is 0 Å². The summed E-state index contributed by atoms with van der Waals surface area (Å²) in [6.45, 7) is 0. The zero-order chi connectivity index (χ0) is 38.1. The number of carboxylic acid groups (broad SMARTS) is 1. The quantitative estimate of drug-likeness (QED) is 0.0893. The van der Waals surface area contributed by atoms with Gasteiger partial charge in [-0.05, 0) is 96.1 Å². The van der Waals surface area contributed by atoms with Crippen molar-refractivity contribution in [2.75, 3.05) is 21.5 Å². The van der Waals surface area contributed by atoms with Gasteiger partial charge in [-0.2, -0.15) is 27.0 Å². The molecule has 53 heavy (non-hydrogen) atoms. The van der Waals surface area contributed by atoms with Crippen molar-refractivity contribution in [1.29, 1.82) is 0 Å². The summed E-state index contributed by atoms with van der Waals surface area (Å²) in [5.74, 6) is -2.87. The summed E-state index contributed by atoms with van der Waals surface area (Å²) in [6.07, 6.45) is 2.01. The number of fused-ring (bicyclic) bond motifs is 2. The second-order valence-electron chi connectivity index (χ2n) is 11.2. The molecule has 0 saturated heterocycles. The zero-order valence-electron chi connectivity index (χ0n) is 26.6. The maximum absolute atomic E-state index is 13.3. The van der Waals surface area contributed by atoms with E-state index in [4.69, 9.17) is 5.11 Å². The van der Waals surface area contributed by atoms with Crippen LogP contribution < -0.4 is 21.5 Å². The summed E-state index contributed by atoms with van der Waals surface area (Å²) in [5.41, 5.74) is 4.78. The number of hydrazone groups is 2. The lowest BCUT2D eigenvalue weighted by molar-refractivity contribution is 0.0696. The van der Waals surface area contributed by atoms with Gasteiger partial charge < -0.3 is 15.7 Å². The number of rotatable bonds is 9. The van der Waals surface area contributed by atoms with E-state index in [1.54, 1.807) is 30.3 Å². The number of urea groups is 1. The SMILES string of the molecule is O=C(Nc1ccc2c(c1)C=C(S(=O)(=O)O)/C(=N/Nc1ccccc1)C2=O)Nc1ccc2c(c1)C=C(S(=O)(=O)O)/C(=N/Nc1ccc(C(=O)O)cc1)C2=O. The Hall–Kier alpha value is -6.80. The van der Waals surface area contributed by atoms with Crippen molar-refractivity contribution in [2.45, 2.75) is 0 Å².